The van der Waals surface area contributed by atoms with Crippen molar-refractivity contribution in [2.75, 3.05) is 12.9 Å². The van der Waals surface area contributed by atoms with E-state index < -0.39 is 0 Å². The van der Waals surface area contributed by atoms with Gasteiger partial charge in [0.1, 0.15) is 6.04 Å². The number of carbonyl (C=O) groups is 1. The summed E-state index contributed by atoms with van der Waals surface area (Å²) in [6.45, 7) is 0. The van der Waals surface area contributed by atoms with Crippen LogP contribution in [0.3, 0.4) is 0 Å². The first-order valence-electron chi connectivity index (χ1n) is 4.75. The third-order valence-electron chi connectivity index (χ3n) is 2.86. The molecule has 4 heteroatoms. The number of esters is 1. The lowest BCUT2D eigenvalue weighted by molar-refractivity contribution is -0.142. The zero-order chi connectivity index (χ0) is 9.31. The predicted octanol–water partition coefficient (Wildman–Crippen LogP) is 1.13. The second-order valence-corrected chi connectivity index (χ2v) is 5.14. The molecule has 2 fully saturated rings. The number of methoxy groups -OCH3 is 1. The number of rotatable bonds is 1. The third kappa shape index (κ3) is 1.70. The van der Waals surface area contributed by atoms with Gasteiger partial charge in [-0.3, -0.25) is 10.1 Å². The van der Waals surface area contributed by atoms with Crippen LogP contribution in [-0.2, 0) is 9.53 Å². The van der Waals surface area contributed by atoms with Gasteiger partial charge >= 0.3 is 5.97 Å². The SMILES string of the molecule is COC(=O)[C@H]1CSC2(CCCC2)N1. The first-order valence-corrected chi connectivity index (χ1v) is 5.74. The quantitative estimate of drug-likeness (QED) is 0.646. The highest BCUT2D eigenvalue weighted by Gasteiger charge is 2.43. The van der Waals surface area contributed by atoms with E-state index in [0.29, 0.717) is 0 Å². The van der Waals surface area contributed by atoms with Crippen LogP contribution in [0.1, 0.15) is 25.7 Å². The van der Waals surface area contributed by atoms with Crippen molar-refractivity contribution < 1.29 is 9.53 Å². The molecule has 2 rings (SSSR count). The molecule has 3 nitrogen and oxygen atoms in total. The fourth-order valence-electron chi connectivity index (χ4n) is 2.15. The highest BCUT2D eigenvalue weighted by Crippen LogP contribution is 2.43. The van der Waals surface area contributed by atoms with E-state index in [1.165, 1.54) is 32.8 Å². The molecule has 0 aromatic rings. The molecule has 0 amide bonds. The summed E-state index contributed by atoms with van der Waals surface area (Å²) in [6.07, 6.45) is 4.97. The monoisotopic (exact) mass is 201 g/mol. The molecule has 0 radical (unpaired) electrons. The Morgan fingerprint density at radius 3 is 2.85 bits per heavy atom. The molecule has 13 heavy (non-hydrogen) atoms. The second kappa shape index (κ2) is 3.50. The van der Waals surface area contributed by atoms with E-state index in [0.717, 1.165) is 5.75 Å². The topological polar surface area (TPSA) is 38.3 Å². The van der Waals surface area contributed by atoms with Gasteiger partial charge in [-0.05, 0) is 12.8 Å². The normalized spacial score (nSPS) is 31.0. The maximum atomic E-state index is 11.3. The minimum Gasteiger partial charge on any atom is -0.468 e. The molecule has 74 valence electrons. The Morgan fingerprint density at radius 1 is 1.54 bits per heavy atom. The van der Waals surface area contributed by atoms with Crippen molar-refractivity contribution in [3.8, 4) is 0 Å². The Balaban J connectivity index is 1.96. The smallest absolute Gasteiger partial charge is 0.323 e. The van der Waals surface area contributed by atoms with Gasteiger partial charge in [-0.2, -0.15) is 0 Å². The van der Waals surface area contributed by atoms with Gasteiger partial charge in [0.15, 0.2) is 0 Å². The molecule has 1 N–H and O–H groups in total. The van der Waals surface area contributed by atoms with E-state index in [1.54, 1.807) is 0 Å². The van der Waals surface area contributed by atoms with Gasteiger partial charge in [0, 0.05) is 5.75 Å². The number of nitrogens with one attached hydrogen (secondary N) is 1. The molecule has 1 atom stereocenters. The van der Waals surface area contributed by atoms with E-state index in [1.807, 2.05) is 11.8 Å². The largest absolute Gasteiger partial charge is 0.468 e. The second-order valence-electron chi connectivity index (χ2n) is 3.73. The van der Waals surface area contributed by atoms with E-state index in [4.69, 9.17) is 4.74 Å². The van der Waals surface area contributed by atoms with Gasteiger partial charge in [-0.25, -0.2) is 0 Å². The Bertz CT molecular complexity index is 214. The maximum Gasteiger partial charge on any atom is 0.323 e. The molecule has 0 aromatic heterocycles. The summed E-state index contributed by atoms with van der Waals surface area (Å²) < 4.78 is 4.72. The summed E-state index contributed by atoms with van der Waals surface area (Å²) in [4.78, 5) is 11.5. The Morgan fingerprint density at radius 2 is 2.23 bits per heavy atom. The molecule has 1 saturated heterocycles. The van der Waals surface area contributed by atoms with Crippen molar-refractivity contribution in [3.05, 3.63) is 0 Å². The molecule has 0 bridgehead atoms. The fraction of sp³-hybridized carbons (Fsp3) is 0.889. The molecule has 0 aromatic carbocycles. The van der Waals surface area contributed by atoms with Gasteiger partial charge in [0.25, 0.3) is 0 Å². The molecule has 0 unspecified atom stereocenters. The van der Waals surface area contributed by atoms with Crippen molar-refractivity contribution >= 4 is 17.7 Å². The van der Waals surface area contributed by atoms with E-state index in [2.05, 4.69) is 5.32 Å². The highest BCUT2D eigenvalue weighted by atomic mass is 32.2. The van der Waals surface area contributed by atoms with Gasteiger partial charge < -0.3 is 4.74 Å². The van der Waals surface area contributed by atoms with Crippen LogP contribution in [0, 0.1) is 0 Å². The first-order chi connectivity index (χ1) is 6.26. The fourth-order valence-corrected chi connectivity index (χ4v) is 3.66. The van der Waals surface area contributed by atoms with Crippen molar-refractivity contribution in [3.63, 3.8) is 0 Å². The third-order valence-corrected chi connectivity index (χ3v) is 4.44. The number of carbonyl (C=O) groups excluding carboxylic acids is 1. The summed E-state index contributed by atoms with van der Waals surface area (Å²) in [5.74, 6) is 0.753. The van der Waals surface area contributed by atoms with Crippen LogP contribution in [0.5, 0.6) is 0 Å². The zero-order valence-corrected chi connectivity index (χ0v) is 8.65. The van der Waals surface area contributed by atoms with Crippen molar-refractivity contribution in [1.82, 2.24) is 5.32 Å². The number of hydrogen-bond acceptors (Lipinski definition) is 4. The summed E-state index contributed by atoms with van der Waals surface area (Å²) in [5.41, 5.74) is 0. The lowest BCUT2D eigenvalue weighted by atomic mass is 10.2. The highest BCUT2D eigenvalue weighted by molar-refractivity contribution is 8.01. The van der Waals surface area contributed by atoms with Crippen LogP contribution in [0.25, 0.3) is 0 Å². The van der Waals surface area contributed by atoms with Crippen LogP contribution < -0.4 is 5.32 Å². The summed E-state index contributed by atoms with van der Waals surface area (Å²) in [7, 11) is 1.45. The minimum atomic E-state index is -0.115. The molecule has 1 aliphatic heterocycles. The average Bonchev–Trinajstić information content (AvgIpc) is 2.76. The summed E-state index contributed by atoms with van der Waals surface area (Å²) in [6, 6.07) is -0.0758. The summed E-state index contributed by atoms with van der Waals surface area (Å²) >= 11 is 1.89. The molecule has 1 saturated carbocycles. The maximum absolute atomic E-state index is 11.3. The standard InChI is InChI=1S/C9H15NO2S/c1-12-8(11)7-6-13-9(10-7)4-2-3-5-9/h7,10H,2-6H2,1H3/t7-/m1/s1. The molecule has 1 aliphatic carbocycles. The average molecular weight is 201 g/mol. The number of ether oxygens (including phenoxy) is 1. The van der Waals surface area contributed by atoms with Gasteiger partial charge in [-0.1, -0.05) is 12.8 Å². The lowest BCUT2D eigenvalue weighted by Gasteiger charge is -2.22. The molecule has 2 aliphatic rings. The predicted molar refractivity (Wildman–Crippen MR) is 52.6 cm³/mol. The van der Waals surface area contributed by atoms with Crippen LogP contribution in [-0.4, -0.2) is 29.7 Å². The zero-order valence-electron chi connectivity index (χ0n) is 7.84. The van der Waals surface area contributed by atoms with Crippen LogP contribution in [0.4, 0.5) is 0 Å². The van der Waals surface area contributed by atoms with Crippen LogP contribution >= 0.6 is 11.8 Å². The van der Waals surface area contributed by atoms with Crippen LogP contribution in [0.15, 0.2) is 0 Å². The lowest BCUT2D eigenvalue weighted by Crippen LogP contribution is -2.43. The van der Waals surface area contributed by atoms with Gasteiger partial charge in [-0.15, -0.1) is 11.8 Å². The molecular formula is C9H15NO2S. The van der Waals surface area contributed by atoms with Gasteiger partial charge in [0.2, 0.25) is 0 Å². The Labute approximate surface area is 82.6 Å². The van der Waals surface area contributed by atoms with Crippen molar-refractivity contribution in [2.24, 2.45) is 0 Å². The Kier molecular flexibility index (Phi) is 2.51. The number of hydrogen-bond donors (Lipinski definition) is 1. The van der Waals surface area contributed by atoms with Crippen LogP contribution in [0.2, 0.25) is 0 Å². The molecule has 1 heterocycles. The van der Waals surface area contributed by atoms with E-state index in [9.17, 15) is 4.79 Å². The van der Waals surface area contributed by atoms with Gasteiger partial charge in [0.05, 0.1) is 12.0 Å². The molecule has 1 spiro atoms. The van der Waals surface area contributed by atoms with Crippen molar-refractivity contribution in [2.45, 2.75) is 36.6 Å². The van der Waals surface area contributed by atoms with Crippen molar-refractivity contribution in [1.29, 1.82) is 0 Å². The Hall–Kier alpha value is -0.220. The first kappa shape index (κ1) is 9.34. The van der Waals surface area contributed by atoms with E-state index in [-0.39, 0.29) is 16.9 Å². The molecular weight excluding hydrogens is 186 g/mol. The summed E-state index contributed by atoms with van der Waals surface area (Å²) in [5, 5.41) is 3.41. The number of thioether (sulfide) groups is 1. The van der Waals surface area contributed by atoms with E-state index >= 15 is 0 Å². The minimum absolute atomic E-state index is 0.0758.